The Bertz CT molecular complexity index is 1420. The van der Waals surface area contributed by atoms with Gasteiger partial charge in [-0.15, -0.1) is 0 Å². The van der Waals surface area contributed by atoms with Crippen LogP contribution in [0.3, 0.4) is 0 Å². The molecule has 12 heteroatoms. The smallest absolute Gasteiger partial charge is 0.416 e. The first kappa shape index (κ1) is 22.5. The number of fused-ring (bicyclic) bond motifs is 5. The number of halogens is 1. The van der Waals surface area contributed by atoms with Crippen molar-refractivity contribution in [1.82, 2.24) is 20.4 Å². The Morgan fingerprint density at radius 2 is 2.16 bits per heavy atom. The molecular weight excluding hydrogens is 481 g/mol. The van der Waals surface area contributed by atoms with Crippen LogP contribution in [0.5, 0.6) is 0 Å². The molecule has 2 aromatic heterocycles. The van der Waals surface area contributed by atoms with E-state index in [1.807, 2.05) is 26.1 Å². The maximum atomic E-state index is 16.3. The number of anilines is 2. The Hall–Kier alpha value is -3.64. The first-order valence-electron chi connectivity index (χ1n) is 12.4. The standard InChI is InChI=1S/C25H26FN7O4/c1-13-8-32-20-15(6-25(10-28-12-29-11-25)22(32)14(2)36-13)5-16-21(19(20)26)37-31-23(16)33-18(9-35-24(33)34)17-7-27-3-4-30-17/h3-5,7,10,13-14,18,22,29H,6,8-9,11-12H2,1-2H3/t13-,14+,18+,22-,25?/m1/s1. The Morgan fingerprint density at radius 3 is 2.95 bits per heavy atom. The van der Waals surface area contributed by atoms with Crippen LogP contribution in [0.4, 0.5) is 20.7 Å². The molecule has 2 fully saturated rings. The summed E-state index contributed by atoms with van der Waals surface area (Å²) < 4.78 is 33.4. The molecule has 7 rings (SSSR count). The van der Waals surface area contributed by atoms with Crippen molar-refractivity contribution in [3.63, 3.8) is 0 Å². The summed E-state index contributed by atoms with van der Waals surface area (Å²) >= 11 is 0. The lowest BCUT2D eigenvalue weighted by Crippen LogP contribution is -2.67. The fourth-order valence-corrected chi connectivity index (χ4v) is 6.55. The molecule has 1 unspecified atom stereocenters. The quantitative estimate of drug-likeness (QED) is 0.558. The third-order valence-corrected chi connectivity index (χ3v) is 7.85. The lowest BCUT2D eigenvalue weighted by molar-refractivity contribution is -0.0522. The number of ether oxygens (including phenoxy) is 2. The summed E-state index contributed by atoms with van der Waals surface area (Å²) in [5.41, 5.74) is 1.48. The second kappa shape index (κ2) is 8.18. The zero-order valence-corrected chi connectivity index (χ0v) is 20.4. The average molecular weight is 508 g/mol. The van der Waals surface area contributed by atoms with Gasteiger partial charge in [-0.05, 0) is 31.9 Å². The second-order valence-corrected chi connectivity index (χ2v) is 10.2. The van der Waals surface area contributed by atoms with Gasteiger partial charge in [0, 0.05) is 37.1 Å². The number of nitrogens with zero attached hydrogens (tertiary/aromatic N) is 6. The van der Waals surface area contributed by atoms with Gasteiger partial charge in [-0.2, -0.15) is 0 Å². The summed E-state index contributed by atoms with van der Waals surface area (Å²) in [6.07, 6.45) is 6.44. The summed E-state index contributed by atoms with van der Waals surface area (Å²) in [5, 5.41) is 7.95. The van der Waals surface area contributed by atoms with Crippen LogP contribution in [-0.4, -0.2) is 72.0 Å². The van der Waals surface area contributed by atoms with Gasteiger partial charge in [-0.25, -0.2) is 14.1 Å². The summed E-state index contributed by atoms with van der Waals surface area (Å²) in [5.74, 6) is -0.290. The molecule has 4 aliphatic heterocycles. The number of hydrogen-bond donors (Lipinski definition) is 1. The lowest BCUT2D eigenvalue weighted by atomic mass is 9.68. The van der Waals surface area contributed by atoms with Crippen LogP contribution >= 0.6 is 0 Å². The summed E-state index contributed by atoms with van der Waals surface area (Å²) in [6.45, 7) is 5.90. The number of cyclic esters (lactones) is 1. The topological polar surface area (TPSA) is 118 Å². The van der Waals surface area contributed by atoms with Crippen LogP contribution < -0.4 is 15.1 Å². The minimum absolute atomic E-state index is 0.00304. The molecule has 1 spiro atoms. The third-order valence-electron chi connectivity index (χ3n) is 7.85. The number of carbonyl (C=O) groups excluding carboxylic acids is 1. The van der Waals surface area contributed by atoms with E-state index in [9.17, 15) is 4.79 Å². The monoisotopic (exact) mass is 507 g/mol. The number of benzene rings is 1. The highest BCUT2D eigenvalue weighted by atomic mass is 19.1. The van der Waals surface area contributed by atoms with Crippen LogP contribution in [0.25, 0.3) is 11.0 Å². The summed E-state index contributed by atoms with van der Waals surface area (Å²) in [6, 6.07) is 1.24. The van der Waals surface area contributed by atoms with Gasteiger partial charge < -0.3 is 18.9 Å². The number of aliphatic imine (C=N–C) groups is 1. The predicted molar refractivity (Wildman–Crippen MR) is 131 cm³/mol. The van der Waals surface area contributed by atoms with Crippen LogP contribution in [0, 0.1) is 11.2 Å². The molecule has 1 amide bonds. The molecule has 3 aromatic rings. The van der Waals surface area contributed by atoms with Crippen molar-refractivity contribution < 1.29 is 23.2 Å². The minimum atomic E-state index is -0.597. The molecule has 0 bridgehead atoms. The highest BCUT2D eigenvalue weighted by Gasteiger charge is 2.53. The molecule has 37 heavy (non-hydrogen) atoms. The molecule has 5 atom stereocenters. The van der Waals surface area contributed by atoms with E-state index >= 15 is 4.39 Å². The van der Waals surface area contributed by atoms with E-state index in [0.717, 1.165) is 5.56 Å². The number of rotatable bonds is 2. The Morgan fingerprint density at radius 1 is 1.27 bits per heavy atom. The molecule has 1 N–H and O–H groups in total. The molecule has 2 saturated heterocycles. The number of aromatic nitrogens is 3. The maximum absolute atomic E-state index is 16.3. The van der Waals surface area contributed by atoms with E-state index < -0.39 is 18.0 Å². The normalized spacial score (nSPS) is 31.1. The Kier molecular flexibility index (Phi) is 4.99. The minimum Gasteiger partial charge on any atom is -0.446 e. The number of hydrogen-bond acceptors (Lipinski definition) is 10. The van der Waals surface area contributed by atoms with Crippen molar-refractivity contribution in [2.24, 2.45) is 10.4 Å². The zero-order chi connectivity index (χ0) is 25.3. The zero-order valence-electron chi connectivity index (χ0n) is 20.4. The van der Waals surface area contributed by atoms with E-state index in [-0.39, 0.29) is 41.7 Å². The Balaban J connectivity index is 1.39. The molecular formula is C25H26FN7O4. The first-order valence-corrected chi connectivity index (χ1v) is 12.4. The largest absolute Gasteiger partial charge is 0.446 e. The van der Waals surface area contributed by atoms with Crippen LogP contribution in [0.2, 0.25) is 0 Å². The number of carbonyl (C=O) groups is 1. The number of morpholine rings is 1. The van der Waals surface area contributed by atoms with Crippen LogP contribution in [-0.2, 0) is 15.9 Å². The van der Waals surface area contributed by atoms with Crippen molar-refractivity contribution in [1.29, 1.82) is 0 Å². The molecule has 0 aliphatic carbocycles. The average Bonchev–Trinajstić information content (AvgIpc) is 3.47. The van der Waals surface area contributed by atoms with E-state index in [0.29, 0.717) is 42.9 Å². The summed E-state index contributed by atoms with van der Waals surface area (Å²) in [7, 11) is 0. The van der Waals surface area contributed by atoms with Crippen molar-refractivity contribution in [2.45, 2.75) is 44.6 Å². The summed E-state index contributed by atoms with van der Waals surface area (Å²) in [4.78, 5) is 29.3. The van der Waals surface area contributed by atoms with Crippen molar-refractivity contribution in [3.8, 4) is 0 Å². The van der Waals surface area contributed by atoms with E-state index in [4.69, 9.17) is 14.0 Å². The first-order chi connectivity index (χ1) is 18.0. The van der Waals surface area contributed by atoms with Gasteiger partial charge in [0.2, 0.25) is 5.58 Å². The fourth-order valence-electron chi connectivity index (χ4n) is 6.55. The van der Waals surface area contributed by atoms with Crippen molar-refractivity contribution in [3.05, 3.63) is 41.7 Å². The highest BCUT2D eigenvalue weighted by molar-refractivity contribution is 6.01. The van der Waals surface area contributed by atoms with Gasteiger partial charge in [-0.1, -0.05) is 5.16 Å². The number of nitrogens with one attached hydrogen (secondary N) is 1. The third kappa shape index (κ3) is 3.28. The van der Waals surface area contributed by atoms with Crippen LogP contribution in [0.1, 0.15) is 31.1 Å². The van der Waals surface area contributed by atoms with E-state index in [2.05, 4.69) is 30.3 Å². The molecule has 6 heterocycles. The maximum Gasteiger partial charge on any atom is 0.416 e. The molecule has 0 saturated carbocycles. The fraction of sp³-hybridized carbons (Fsp3) is 0.480. The number of amides is 1. The van der Waals surface area contributed by atoms with Crippen molar-refractivity contribution >= 4 is 34.8 Å². The van der Waals surface area contributed by atoms with Gasteiger partial charge in [0.25, 0.3) is 0 Å². The van der Waals surface area contributed by atoms with Crippen LogP contribution in [0.15, 0.2) is 34.2 Å². The SMILES string of the molecule is C[C@@H]1CN2c3c(cc4c(N5C(=O)OC[C@H]5c5cnccn5)noc4c3F)CC3(C=NCNC3)[C@H]2[C@H](C)O1. The predicted octanol–water partition coefficient (Wildman–Crippen LogP) is 2.61. The van der Waals surface area contributed by atoms with Gasteiger partial charge in [0.1, 0.15) is 12.6 Å². The Labute approximate surface area is 211 Å². The molecule has 0 radical (unpaired) electrons. The molecule has 11 nitrogen and oxygen atoms in total. The highest BCUT2D eigenvalue weighted by Crippen LogP contribution is 2.49. The van der Waals surface area contributed by atoms with Crippen molar-refractivity contribution in [2.75, 3.05) is 36.2 Å². The lowest BCUT2D eigenvalue weighted by Gasteiger charge is -2.56. The molecule has 4 aliphatic rings. The van der Waals surface area contributed by atoms with E-state index in [1.54, 1.807) is 18.6 Å². The van der Waals surface area contributed by atoms with Gasteiger partial charge in [0.05, 0.1) is 47.9 Å². The second-order valence-electron chi connectivity index (χ2n) is 10.2. The van der Waals surface area contributed by atoms with Gasteiger partial charge in [0.15, 0.2) is 11.6 Å². The van der Waals surface area contributed by atoms with Gasteiger partial charge >= 0.3 is 6.09 Å². The van der Waals surface area contributed by atoms with E-state index in [1.165, 1.54) is 4.90 Å². The van der Waals surface area contributed by atoms with Gasteiger partial charge in [-0.3, -0.25) is 20.3 Å². The molecule has 192 valence electrons. The molecule has 1 aromatic carbocycles.